The Morgan fingerprint density at radius 1 is 1.04 bits per heavy atom. The molecule has 0 aromatic heterocycles. The number of nitrogens with zero attached hydrogens (tertiary/aromatic N) is 1. The van der Waals surface area contributed by atoms with Gasteiger partial charge in [-0.2, -0.15) is 0 Å². The molecule has 2 amide bonds. The fourth-order valence-corrected chi connectivity index (χ4v) is 3.77. The van der Waals surface area contributed by atoms with E-state index in [0.717, 1.165) is 30.8 Å². The summed E-state index contributed by atoms with van der Waals surface area (Å²) in [7, 11) is 0. The second kappa shape index (κ2) is 10.2. The first kappa shape index (κ1) is 20.3. The summed E-state index contributed by atoms with van der Waals surface area (Å²) in [6.45, 7) is 2.77. The fourth-order valence-electron chi connectivity index (χ4n) is 3.31. The first-order chi connectivity index (χ1) is 13.7. The average Bonchev–Trinajstić information content (AvgIpc) is 3.26. The summed E-state index contributed by atoms with van der Waals surface area (Å²) in [5.74, 6) is -1.23. The monoisotopic (exact) mass is 397 g/mol. The molecule has 0 aliphatic carbocycles. The van der Waals surface area contributed by atoms with Crippen molar-refractivity contribution in [1.29, 1.82) is 0 Å². The van der Waals surface area contributed by atoms with Gasteiger partial charge in [0.05, 0.1) is 0 Å². The Hall–Kier alpha value is -2.47. The maximum atomic E-state index is 12.0. The Bertz CT molecular complexity index is 802. The van der Waals surface area contributed by atoms with Crippen LogP contribution >= 0.6 is 11.8 Å². The molecular weight excluding hydrogens is 370 g/mol. The van der Waals surface area contributed by atoms with Crippen LogP contribution in [0.1, 0.15) is 24.8 Å². The number of amides is 2. The highest BCUT2D eigenvalue weighted by molar-refractivity contribution is 7.98. The van der Waals surface area contributed by atoms with Crippen molar-refractivity contribution >= 4 is 35.0 Å². The molecule has 3 rings (SSSR count). The zero-order valence-corrected chi connectivity index (χ0v) is 17.1. The second-order valence-corrected chi connectivity index (χ2v) is 7.79. The largest absolute Gasteiger partial charge is 0.372 e. The molecule has 0 radical (unpaired) electrons. The van der Waals surface area contributed by atoms with Gasteiger partial charge in [-0.05, 0) is 67.8 Å². The van der Waals surface area contributed by atoms with Crippen molar-refractivity contribution in [3.63, 3.8) is 0 Å². The van der Waals surface area contributed by atoms with Crippen LogP contribution in [0.15, 0.2) is 53.4 Å². The summed E-state index contributed by atoms with van der Waals surface area (Å²) >= 11 is 1.59. The van der Waals surface area contributed by atoms with Gasteiger partial charge >= 0.3 is 11.8 Å². The van der Waals surface area contributed by atoms with E-state index in [1.807, 2.05) is 24.5 Å². The van der Waals surface area contributed by atoms with Gasteiger partial charge in [0.15, 0.2) is 0 Å². The molecule has 0 atom stereocenters. The molecule has 5 nitrogen and oxygen atoms in total. The van der Waals surface area contributed by atoms with Crippen LogP contribution in [-0.2, 0) is 16.0 Å². The van der Waals surface area contributed by atoms with Crippen LogP contribution in [0.4, 0.5) is 11.4 Å². The summed E-state index contributed by atoms with van der Waals surface area (Å²) in [5.41, 5.74) is 3.16. The number of aryl methyl sites for hydroxylation is 1. The van der Waals surface area contributed by atoms with Crippen molar-refractivity contribution in [2.45, 2.75) is 30.6 Å². The Labute approximate surface area is 170 Å². The Kier molecular flexibility index (Phi) is 7.37. The lowest BCUT2D eigenvalue weighted by molar-refractivity contribution is -0.136. The van der Waals surface area contributed by atoms with E-state index in [4.69, 9.17) is 0 Å². The van der Waals surface area contributed by atoms with E-state index < -0.39 is 11.8 Å². The van der Waals surface area contributed by atoms with E-state index >= 15 is 0 Å². The van der Waals surface area contributed by atoms with E-state index in [9.17, 15) is 9.59 Å². The molecule has 0 saturated carbocycles. The van der Waals surface area contributed by atoms with Crippen molar-refractivity contribution in [2.75, 3.05) is 36.1 Å². The minimum absolute atomic E-state index is 0.477. The summed E-state index contributed by atoms with van der Waals surface area (Å²) < 4.78 is 0. The quantitative estimate of drug-likeness (QED) is 0.425. The van der Waals surface area contributed by atoms with E-state index in [0.29, 0.717) is 12.2 Å². The van der Waals surface area contributed by atoms with Crippen LogP contribution < -0.4 is 15.5 Å². The molecule has 0 bridgehead atoms. The van der Waals surface area contributed by atoms with Crippen LogP contribution in [0.5, 0.6) is 0 Å². The molecule has 1 aliphatic rings. The van der Waals surface area contributed by atoms with E-state index in [1.54, 1.807) is 17.8 Å². The molecule has 2 aromatic carbocycles. The minimum atomic E-state index is -0.631. The number of hydrogen-bond acceptors (Lipinski definition) is 4. The molecule has 2 N–H and O–H groups in total. The zero-order valence-electron chi connectivity index (χ0n) is 16.2. The average molecular weight is 398 g/mol. The van der Waals surface area contributed by atoms with Gasteiger partial charge in [0.25, 0.3) is 0 Å². The zero-order chi connectivity index (χ0) is 19.8. The van der Waals surface area contributed by atoms with E-state index in [2.05, 4.69) is 39.8 Å². The van der Waals surface area contributed by atoms with Crippen LogP contribution in [0, 0.1) is 0 Å². The van der Waals surface area contributed by atoms with Crippen LogP contribution in [0.3, 0.4) is 0 Å². The number of hydrogen-bond donors (Lipinski definition) is 2. The molecule has 148 valence electrons. The normalized spacial score (nSPS) is 13.4. The van der Waals surface area contributed by atoms with Gasteiger partial charge in [-0.1, -0.05) is 18.2 Å². The van der Waals surface area contributed by atoms with Gasteiger partial charge in [-0.15, -0.1) is 11.8 Å². The van der Waals surface area contributed by atoms with Crippen molar-refractivity contribution in [2.24, 2.45) is 0 Å². The van der Waals surface area contributed by atoms with Crippen molar-refractivity contribution in [3.05, 3.63) is 54.1 Å². The van der Waals surface area contributed by atoms with Crippen LogP contribution in [-0.4, -0.2) is 37.7 Å². The van der Waals surface area contributed by atoms with Crippen LogP contribution in [0.2, 0.25) is 0 Å². The highest BCUT2D eigenvalue weighted by Crippen LogP contribution is 2.21. The number of anilines is 2. The molecule has 28 heavy (non-hydrogen) atoms. The number of nitrogens with one attached hydrogen (secondary N) is 2. The fraction of sp³-hybridized carbons (Fsp3) is 0.364. The van der Waals surface area contributed by atoms with Gasteiger partial charge in [-0.3, -0.25) is 9.59 Å². The molecule has 6 heteroatoms. The Balaban J connectivity index is 1.38. The van der Waals surface area contributed by atoms with Crippen LogP contribution in [0.25, 0.3) is 0 Å². The molecule has 1 heterocycles. The molecule has 1 fully saturated rings. The minimum Gasteiger partial charge on any atom is -0.372 e. The number of rotatable bonds is 7. The molecule has 0 unspecified atom stereocenters. The SMILES string of the molecule is CSc1cccc(NC(=O)C(=O)NCCCc2ccc(N3CCCC3)cc2)c1. The standard InChI is InChI=1S/C22H27N3O2S/c1-28-20-8-4-7-18(16-20)24-22(27)21(26)23-13-5-6-17-9-11-19(12-10-17)25-14-2-3-15-25/h4,7-12,16H,2-3,5-6,13-15H2,1H3,(H,23,26)(H,24,27). The third-order valence-corrected chi connectivity index (χ3v) is 5.59. The predicted molar refractivity (Wildman–Crippen MR) is 116 cm³/mol. The first-order valence-corrected chi connectivity index (χ1v) is 11.0. The lowest BCUT2D eigenvalue weighted by Gasteiger charge is -2.17. The lowest BCUT2D eigenvalue weighted by atomic mass is 10.1. The lowest BCUT2D eigenvalue weighted by Crippen LogP contribution is -2.36. The predicted octanol–water partition coefficient (Wildman–Crippen LogP) is 3.70. The Morgan fingerprint density at radius 3 is 2.50 bits per heavy atom. The molecule has 1 aliphatic heterocycles. The summed E-state index contributed by atoms with van der Waals surface area (Å²) in [6, 6.07) is 16.1. The molecule has 1 saturated heterocycles. The number of thioether (sulfide) groups is 1. The molecule has 2 aromatic rings. The number of carbonyl (C=O) groups is 2. The third-order valence-electron chi connectivity index (χ3n) is 4.87. The highest BCUT2D eigenvalue weighted by Gasteiger charge is 2.14. The van der Waals surface area contributed by atoms with E-state index in [-0.39, 0.29) is 0 Å². The van der Waals surface area contributed by atoms with Crippen molar-refractivity contribution < 1.29 is 9.59 Å². The number of carbonyl (C=O) groups excluding carboxylic acids is 2. The van der Waals surface area contributed by atoms with Gasteiger partial charge in [0, 0.05) is 35.9 Å². The van der Waals surface area contributed by atoms with E-state index in [1.165, 1.54) is 24.1 Å². The topological polar surface area (TPSA) is 61.4 Å². The molecule has 0 spiro atoms. The van der Waals surface area contributed by atoms with Gasteiger partial charge in [0.1, 0.15) is 0 Å². The third kappa shape index (κ3) is 5.76. The summed E-state index contributed by atoms with van der Waals surface area (Å²) in [6.07, 6.45) is 6.19. The van der Waals surface area contributed by atoms with Gasteiger partial charge in [0.2, 0.25) is 0 Å². The summed E-state index contributed by atoms with van der Waals surface area (Å²) in [4.78, 5) is 27.4. The number of benzene rings is 2. The maximum absolute atomic E-state index is 12.0. The highest BCUT2D eigenvalue weighted by atomic mass is 32.2. The van der Waals surface area contributed by atoms with Gasteiger partial charge < -0.3 is 15.5 Å². The van der Waals surface area contributed by atoms with Gasteiger partial charge in [-0.25, -0.2) is 0 Å². The first-order valence-electron chi connectivity index (χ1n) is 9.73. The second-order valence-electron chi connectivity index (χ2n) is 6.91. The Morgan fingerprint density at radius 2 is 1.79 bits per heavy atom. The molecular formula is C22H27N3O2S. The summed E-state index contributed by atoms with van der Waals surface area (Å²) in [5, 5.41) is 5.33. The van der Waals surface area contributed by atoms with Crippen molar-refractivity contribution in [3.8, 4) is 0 Å². The van der Waals surface area contributed by atoms with Crippen molar-refractivity contribution in [1.82, 2.24) is 5.32 Å². The maximum Gasteiger partial charge on any atom is 0.313 e. The smallest absolute Gasteiger partial charge is 0.313 e.